The number of hydrogen-bond donors (Lipinski definition) is 2. The minimum atomic E-state index is -0.476. The van der Waals surface area contributed by atoms with Gasteiger partial charge in [-0.1, -0.05) is 6.07 Å². The Kier molecular flexibility index (Phi) is 4.91. The van der Waals surface area contributed by atoms with Gasteiger partial charge >= 0.3 is 0 Å². The number of amides is 1. The molecule has 1 amide bonds. The summed E-state index contributed by atoms with van der Waals surface area (Å²) in [7, 11) is 0. The number of carbonyl (C=O) groups excluding carboxylic acids is 1. The van der Waals surface area contributed by atoms with Crippen LogP contribution in [0.25, 0.3) is 5.69 Å². The highest BCUT2D eigenvalue weighted by Crippen LogP contribution is 2.30. The number of phenolic OH excluding ortho intramolecular Hbond substituents is 1. The number of ether oxygens (including phenoxy) is 2. The van der Waals surface area contributed by atoms with Gasteiger partial charge in [-0.05, 0) is 55.0 Å². The van der Waals surface area contributed by atoms with Gasteiger partial charge in [-0.2, -0.15) is 0 Å². The van der Waals surface area contributed by atoms with Gasteiger partial charge in [0.15, 0.2) is 6.29 Å². The standard InChI is InChI=1S/C21H20N2O4/c24-19-9-6-16(21-26-12-3-13-27-21)14-18(19)22-20(25)15-4-7-17(8-5-15)23-10-1-2-11-23/h1-2,4-11,14,21,24H,3,12-13H2,(H,22,25). The lowest BCUT2D eigenvalue weighted by Crippen LogP contribution is -2.18. The molecule has 6 nitrogen and oxygen atoms in total. The molecule has 1 aliphatic heterocycles. The second-order valence-electron chi connectivity index (χ2n) is 6.29. The monoisotopic (exact) mass is 364 g/mol. The van der Waals surface area contributed by atoms with E-state index in [0.717, 1.165) is 17.7 Å². The van der Waals surface area contributed by atoms with E-state index in [2.05, 4.69) is 5.32 Å². The average Bonchev–Trinajstić information content (AvgIpc) is 3.25. The van der Waals surface area contributed by atoms with Crippen LogP contribution in [0.3, 0.4) is 0 Å². The van der Waals surface area contributed by atoms with Crippen LogP contribution in [0.1, 0.15) is 28.6 Å². The molecule has 2 aromatic carbocycles. The van der Waals surface area contributed by atoms with Gasteiger partial charge in [0.1, 0.15) is 5.75 Å². The van der Waals surface area contributed by atoms with Crippen molar-refractivity contribution in [3.05, 3.63) is 78.1 Å². The molecule has 138 valence electrons. The fourth-order valence-corrected chi connectivity index (χ4v) is 2.97. The van der Waals surface area contributed by atoms with Crippen molar-refractivity contribution in [1.82, 2.24) is 4.57 Å². The summed E-state index contributed by atoms with van der Waals surface area (Å²) in [5.41, 5.74) is 2.55. The second-order valence-corrected chi connectivity index (χ2v) is 6.29. The molecule has 0 saturated carbocycles. The summed E-state index contributed by atoms with van der Waals surface area (Å²) in [5.74, 6) is -0.307. The number of benzene rings is 2. The number of carbonyl (C=O) groups is 1. The second kappa shape index (κ2) is 7.65. The molecule has 3 aromatic rings. The Morgan fingerprint density at radius 1 is 1.04 bits per heavy atom. The zero-order valence-corrected chi connectivity index (χ0v) is 14.7. The molecule has 0 bridgehead atoms. The highest BCUT2D eigenvalue weighted by Gasteiger charge is 2.18. The molecule has 2 N–H and O–H groups in total. The van der Waals surface area contributed by atoms with E-state index in [-0.39, 0.29) is 11.7 Å². The molecule has 1 saturated heterocycles. The van der Waals surface area contributed by atoms with Crippen LogP contribution >= 0.6 is 0 Å². The number of aromatic nitrogens is 1. The van der Waals surface area contributed by atoms with E-state index in [9.17, 15) is 9.90 Å². The summed E-state index contributed by atoms with van der Waals surface area (Å²) in [4.78, 5) is 12.6. The number of nitrogens with zero attached hydrogens (tertiary/aromatic N) is 1. The minimum Gasteiger partial charge on any atom is -0.506 e. The first-order chi connectivity index (χ1) is 13.2. The van der Waals surface area contributed by atoms with Crippen LogP contribution in [0.4, 0.5) is 5.69 Å². The summed E-state index contributed by atoms with van der Waals surface area (Å²) in [5, 5.41) is 12.9. The van der Waals surface area contributed by atoms with Gasteiger partial charge in [-0.3, -0.25) is 4.79 Å². The van der Waals surface area contributed by atoms with E-state index in [4.69, 9.17) is 9.47 Å². The fourth-order valence-electron chi connectivity index (χ4n) is 2.97. The van der Waals surface area contributed by atoms with Crippen molar-refractivity contribution in [2.45, 2.75) is 12.7 Å². The maximum Gasteiger partial charge on any atom is 0.255 e. The van der Waals surface area contributed by atoms with Crippen LogP contribution in [0.2, 0.25) is 0 Å². The lowest BCUT2D eigenvalue weighted by molar-refractivity contribution is -0.183. The van der Waals surface area contributed by atoms with Gasteiger partial charge < -0.3 is 24.5 Å². The Labute approximate surface area is 157 Å². The quantitative estimate of drug-likeness (QED) is 0.690. The third-order valence-corrected chi connectivity index (χ3v) is 4.40. The van der Waals surface area contributed by atoms with Crippen molar-refractivity contribution in [3.8, 4) is 11.4 Å². The average molecular weight is 364 g/mol. The zero-order valence-electron chi connectivity index (χ0n) is 14.7. The number of phenols is 1. The number of nitrogens with one attached hydrogen (secondary N) is 1. The number of rotatable bonds is 4. The van der Waals surface area contributed by atoms with E-state index in [0.29, 0.717) is 24.5 Å². The van der Waals surface area contributed by atoms with Crippen molar-refractivity contribution in [2.24, 2.45) is 0 Å². The van der Waals surface area contributed by atoms with Crippen molar-refractivity contribution >= 4 is 11.6 Å². The normalized spacial score (nSPS) is 14.8. The van der Waals surface area contributed by atoms with Crippen LogP contribution in [0.5, 0.6) is 5.75 Å². The van der Waals surface area contributed by atoms with Gasteiger partial charge in [0.25, 0.3) is 5.91 Å². The van der Waals surface area contributed by atoms with E-state index >= 15 is 0 Å². The van der Waals surface area contributed by atoms with Crippen molar-refractivity contribution < 1.29 is 19.4 Å². The van der Waals surface area contributed by atoms with Crippen molar-refractivity contribution in [1.29, 1.82) is 0 Å². The molecule has 0 unspecified atom stereocenters. The van der Waals surface area contributed by atoms with Crippen molar-refractivity contribution in [3.63, 3.8) is 0 Å². The third-order valence-electron chi connectivity index (χ3n) is 4.40. The SMILES string of the molecule is O=C(Nc1cc(C2OCCCO2)ccc1O)c1ccc(-n2cccc2)cc1. The molecular weight excluding hydrogens is 344 g/mol. The number of aromatic hydroxyl groups is 1. The summed E-state index contributed by atoms with van der Waals surface area (Å²) < 4.78 is 13.1. The first-order valence-electron chi connectivity index (χ1n) is 8.81. The van der Waals surface area contributed by atoms with Crippen LogP contribution in [-0.4, -0.2) is 28.8 Å². The topological polar surface area (TPSA) is 72.7 Å². The Hall–Kier alpha value is -3.09. The first-order valence-corrected chi connectivity index (χ1v) is 8.81. The van der Waals surface area contributed by atoms with Crippen LogP contribution in [0, 0.1) is 0 Å². The molecular formula is C21H20N2O4. The van der Waals surface area contributed by atoms with Gasteiger partial charge in [0.05, 0.1) is 18.9 Å². The maximum absolute atomic E-state index is 12.6. The molecule has 0 radical (unpaired) electrons. The lowest BCUT2D eigenvalue weighted by Gasteiger charge is -2.24. The zero-order chi connectivity index (χ0) is 18.6. The molecule has 4 rings (SSSR count). The predicted octanol–water partition coefficient (Wildman–Crippen LogP) is 3.87. The van der Waals surface area contributed by atoms with E-state index in [1.54, 1.807) is 24.3 Å². The minimum absolute atomic E-state index is 0.00753. The summed E-state index contributed by atoms with van der Waals surface area (Å²) in [6.07, 6.45) is 4.26. The van der Waals surface area contributed by atoms with Gasteiger partial charge in [-0.25, -0.2) is 0 Å². The molecule has 2 heterocycles. The summed E-state index contributed by atoms with van der Waals surface area (Å²) >= 11 is 0. The Morgan fingerprint density at radius 2 is 1.74 bits per heavy atom. The highest BCUT2D eigenvalue weighted by molar-refractivity contribution is 6.05. The predicted molar refractivity (Wildman–Crippen MR) is 101 cm³/mol. The number of hydrogen-bond acceptors (Lipinski definition) is 4. The molecule has 27 heavy (non-hydrogen) atoms. The molecule has 6 heteroatoms. The van der Waals surface area contributed by atoms with Gasteiger partial charge in [0, 0.05) is 29.2 Å². The largest absolute Gasteiger partial charge is 0.506 e. The Morgan fingerprint density at radius 3 is 2.44 bits per heavy atom. The van der Waals surface area contributed by atoms with Crippen LogP contribution < -0.4 is 5.32 Å². The third kappa shape index (κ3) is 3.86. The van der Waals surface area contributed by atoms with Crippen LogP contribution in [0.15, 0.2) is 67.0 Å². The molecule has 1 fully saturated rings. The fraction of sp³-hybridized carbons (Fsp3) is 0.190. The van der Waals surface area contributed by atoms with E-state index < -0.39 is 6.29 Å². The van der Waals surface area contributed by atoms with E-state index in [1.165, 1.54) is 6.07 Å². The Bertz CT molecular complexity index is 914. The molecule has 1 aromatic heterocycles. The lowest BCUT2D eigenvalue weighted by atomic mass is 10.1. The van der Waals surface area contributed by atoms with Gasteiger partial charge in [0.2, 0.25) is 0 Å². The van der Waals surface area contributed by atoms with Crippen LogP contribution in [-0.2, 0) is 9.47 Å². The molecule has 0 aliphatic carbocycles. The van der Waals surface area contributed by atoms with E-state index in [1.807, 2.05) is 41.2 Å². The Balaban J connectivity index is 1.50. The summed E-state index contributed by atoms with van der Waals surface area (Å²) in [6.45, 7) is 1.25. The smallest absolute Gasteiger partial charge is 0.255 e. The summed E-state index contributed by atoms with van der Waals surface area (Å²) in [6, 6.07) is 16.1. The molecule has 1 aliphatic rings. The van der Waals surface area contributed by atoms with Crippen molar-refractivity contribution in [2.75, 3.05) is 18.5 Å². The highest BCUT2D eigenvalue weighted by atomic mass is 16.7. The van der Waals surface area contributed by atoms with Gasteiger partial charge in [-0.15, -0.1) is 0 Å². The molecule has 0 spiro atoms. The number of anilines is 1. The molecule has 0 atom stereocenters. The maximum atomic E-state index is 12.6. The first kappa shape index (κ1) is 17.3.